The van der Waals surface area contributed by atoms with Gasteiger partial charge < -0.3 is 15.4 Å². The first-order chi connectivity index (χ1) is 8.48. The fourth-order valence-electron chi connectivity index (χ4n) is 1.52. The lowest BCUT2D eigenvalue weighted by Gasteiger charge is -2.23. The van der Waals surface area contributed by atoms with E-state index in [0.717, 1.165) is 18.7 Å². The molecule has 1 amide bonds. The molecule has 0 aliphatic rings. The van der Waals surface area contributed by atoms with Crippen molar-refractivity contribution in [1.29, 1.82) is 0 Å². The van der Waals surface area contributed by atoms with Gasteiger partial charge in [0.1, 0.15) is 0 Å². The molecule has 0 saturated carbocycles. The zero-order chi connectivity index (χ0) is 13.6. The highest BCUT2D eigenvalue weighted by Crippen LogP contribution is 2.15. The molecule has 4 heteroatoms. The van der Waals surface area contributed by atoms with Crippen LogP contribution in [0, 0.1) is 0 Å². The van der Waals surface area contributed by atoms with Crippen molar-refractivity contribution in [2.24, 2.45) is 0 Å². The van der Waals surface area contributed by atoms with Crippen LogP contribution < -0.4 is 10.6 Å². The number of carbonyl (C=O) groups is 1. The molecular weight excluding hydrogens is 228 g/mol. The van der Waals surface area contributed by atoms with Gasteiger partial charge in [0.05, 0.1) is 5.60 Å². The van der Waals surface area contributed by atoms with Gasteiger partial charge in [-0.15, -0.1) is 0 Å². The number of nitrogens with one attached hydrogen (secondary N) is 2. The van der Waals surface area contributed by atoms with E-state index in [9.17, 15) is 4.79 Å². The van der Waals surface area contributed by atoms with Gasteiger partial charge in [-0.25, -0.2) is 0 Å². The fourth-order valence-corrected chi connectivity index (χ4v) is 1.52. The van der Waals surface area contributed by atoms with Crippen molar-refractivity contribution in [3.63, 3.8) is 0 Å². The number of anilines is 1. The van der Waals surface area contributed by atoms with Gasteiger partial charge in [-0.05, 0) is 38.5 Å². The molecule has 0 spiro atoms. The van der Waals surface area contributed by atoms with Crippen LogP contribution in [0.1, 0.15) is 30.6 Å². The average Bonchev–Trinajstić information content (AvgIpc) is 2.38. The predicted octanol–water partition coefficient (Wildman–Crippen LogP) is 2.27. The van der Waals surface area contributed by atoms with Crippen molar-refractivity contribution in [2.45, 2.75) is 25.9 Å². The number of ether oxygens (including phenoxy) is 1. The van der Waals surface area contributed by atoms with Gasteiger partial charge in [-0.2, -0.15) is 0 Å². The van der Waals surface area contributed by atoms with E-state index >= 15 is 0 Å². The largest absolute Gasteiger partial charge is 0.385 e. The molecule has 1 aromatic rings. The summed E-state index contributed by atoms with van der Waals surface area (Å²) >= 11 is 0. The number of hydrogen-bond acceptors (Lipinski definition) is 3. The van der Waals surface area contributed by atoms with Crippen molar-refractivity contribution < 1.29 is 9.53 Å². The van der Waals surface area contributed by atoms with Crippen LogP contribution in [0.25, 0.3) is 0 Å². The summed E-state index contributed by atoms with van der Waals surface area (Å²) in [7, 11) is 3.34. The molecule has 1 aromatic carbocycles. The highest BCUT2D eigenvalue weighted by molar-refractivity contribution is 5.94. The average molecular weight is 250 g/mol. The molecular formula is C14H22N2O2. The monoisotopic (exact) mass is 250 g/mol. The molecule has 4 nitrogen and oxygen atoms in total. The Bertz CT molecular complexity index is 403. The molecule has 0 aliphatic heterocycles. The van der Waals surface area contributed by atoms with Gasteiger partial charge in [-0.3, -0.25) is 4.79 Å². The van der Waals surface area contributed by atoms with Gasteiger partial charge in [-0.1, -0.05) is 6.07 Å². The molecule has 0 bridgehead atoms. The first-order valence-corrected chi connectivity index (χ1v) is 6.09. The third-order valence-electron chi connectivity index (χ3n) is 2.96. The minimum Gasteiger partial charge on any atom is -0.385 e. The van der Waals surface area contributed by atoms with E-state index in [1.54, 1.807) is 20.2 Å². The first kappa shape index (κ1) is 14.5. The molecule has 1 rings (SSSR count). The lowest BCUT2D eigenvalue weighted by atomic mass is 10.1. The summed E-state index contributed by atoms with van der Waals surface area (Å²) in [5.41, 5.74) is 1.47. The highest BCUT2D eigenvalue weighted by Gasteiger charge is 2.15. The maximum Gasteiger partial charge on any atom is 0.251 e. The number of amides is 1. The minimum absolute atomic E-state index is 0.0733. The summed E-state index contributed by atoms with van der Waals surface area (Å²) in [6.07, 6.45) is 0.897. The van der Waals surface area contributed by atoms with Crippen LogP contribution in [0.5, 0.6) is 0 Å². The quantitative estimate of drug-likeness (QED) is 0.814. The van der Waals surface area contributed by atoms with E-state index in [1.807, 2.05) is 18.2 Å². The van der Waals surface area contributed by atoms with Crippen LogP contribution in [-0.2, 0) is 4.74 Å². The normalized spacial score (nSPS) is 11.1. The Balaban J connectivity index is 2.55. The molecule has 0 radical (unpaired) electrons. The van der Waals surface area contributed by atoms with E-state index in [0.29, 0.717) is 5.56 Å². The number of hydrogen-bond donors (Lipinski definition) is 2. The number of methoxy groups -OCH3 is 1. The zero-order valence-corrected chi connectivity index (χ0v) is 11.5. The summed E-state index contributed by atoms with van der Waals surface area (Å²) in [5.74, 6) is -0.0733. The maximum atomic E-state index is 11.5. The molecule has 0 unspecified atom stereocenters. The maximum absolute atomic E-state index is 11.5. The van der Waals surface area contributed by atoms with Crippen molar-refractivity contribution in [3.8, 4) is 0 Å². The number of rotatable bonds is 6. The molecule has 100 valence electrons. The van der Waals surface area contributed by atoms with Gasteiger partial charge in [0, 0.05) is 32.0 Å². The van der Waals surface area contributed by atoms with Crippen LogP contribution in [0.4, 0.5) is 5.69 Å². The zero-order valence-electron chi connectivity index (χ0n) is 11.5. The van der Waals surface area contributed by atoms with Gasteiger partial charge in [0.25, 0.3) is 5.91 Å². The van der Waals surface area contributed by atoms with Crippen LogP contribution in [-0.4, -0.2) is 32.2 Å². The molecule has 0 aliphatic carbocycles. The number of benzene rings is 1. The van der Waals surface area contributed by atoms with Crippen molar-refractivity contribution in [2.75, 3.05) is 26.0 Å². The summed E-state index contributed by atoms with van der Waals surface area (Å²) in [6.45, 7) is 4.91. The van der Waals surface area contributed by atoms with Crippen LogP contribution >= 0.6 is 0 Å². The van der Waals surface area contributed by atoms with Gasteiger partial charge in [0.15, 0.2) is 0 Å². The lowest BCUT2D eigenvalue weighted by molar-refractivity contribution is 0.0185. The van der Waals surface area contributed by atoms with Crippen molar-refractivity contribution >= 4 is 11.6 Å². The van der Waals surface area contributed by atoms with Crippen molar-refractivity contribution in [1.82, 2.24) is 5.32 Å². The lowest BCUT2D eigenvalue weighted by Crippen LogP contribution is -2.25. The Labute approximate surface area is 109 Å². The van der Waals surface area contributed by atoms with Crippen molar-refractivity contribution in [3.05, 3.63) is 29.8 Å². The summed E-state index contributed by atoms with van der Waals surface area (Å²) in [4.78, 5) is 11.5. The Hall–Kier alpha value is -1.55. The molecule has 18 heavy (non-hydrogen) atoms. The molecule has 0 atom stereocenters. The van der Waals surface area contributed by atoms with E-state index in [1.165, 1.54) is 0 Å². The second-order valence-corrected chi connectivity index (χ2v) is 4.80. The van der Waals surface area contributed by atoms with E-state index in [-0.39, 0.29) is 11.5 Å². The smallest absolute Gasteiger partial charge is 0.251 e. The second kappa shape index (κ2) is 6.40. The molecule has 2 N–H and O–H groups in total. The second-order valence-electron chi connectivity index (χ2n) is 4.80. The fraction of sp³-hybridized carbons (Fsp3) is 0.500. The summed E-state index contributed by atoms with van der Waals surface area (Å²) in [5, 5.41) is 5.91. The highest BCUT2D eigenvalue weighted by atomic mass is 16.5. The third kappa shape index (κ3) is 4.37. The van der Waals surface area contributed by atoms with Crippen LogP contribution in [0.2, 0.25) is 0 Å². The SMILES string of the molecule is CNC(=O)c1cccc(NCCC(C)(C)OC)c1. The van der Waals surface area contributed by atoms with E-state index < -0.39 is 0 Å². The van der Waals surface area contributed by atoms with Gasteiger partial charge >= 0.3 is 0 Å². The van der Waals surface area contributed by atoms with E-state index in [2.05, 4.69) is 24.5 Å². The molecule has 0 heterocycles. The molecule has 0 aromatic heterocycles. The Morgan fingerprint density at radius 1 is 1.39 bits per heavy atom. The summed E-state index contributed by atoms with van der Waals surface area (Å²) in [6, 6.07) is 7.46. The Kier molecular flexibility index (Phi) is 5.16. The summed E-state index contributed by atoms with van der Waals surface area (Å²) < 4.78 is 5.35. The minimum atomic E-state index is -0.134. The van der Waals surface area contributed by atoms with Gasteiger partial charge in [0.2, 0.25) is 0 Å². The number of carbonyl (C=O) groups excluding carboxylic acids is 1. The molecule has 0 fully saturated rings. The van der Waals surface area contributed by atoms with Crippen LogP contribution in [0.15, 0.2) is 24.3 Å². The Morgan fingerprint density at radius 2 is 2.11 bits per heavy atom. The molecule has 0 saturated heterocycles. The predicted molar refractivity (Wildman–Crippen MR) is 74.0 cm³/mol. The van der Waals surface area contributed by atoms with Crippen LogP contribution in [0.3, 0.4) is 0 Å². The Morgan fingerprint density at radius 3 is 2.72 bits per heavy atom. The third-order valence-corrected chi connectivity index (χ3v) is 2.96. The standard InChI is InChI=1S/C14H22N2O2/c1-14(2,18-4)8-9-16-12-7-5-6-11(10-12)13(17)15-3/h5-7,10,16H,8-9H2,1-4H3,(H,15,17). The topological polar surface area (TPSA) is 50.4 Å². The van der Waals surface area contributed by atoms with E-state index in [4.69, 9.17) is 4.74 Å². The first-order valence-electron chi connectivity index (χ1n) is 6.09.